The number of nitrogens with zero attached hydrogens (tertiary/aromatic N) is 2. The number of likely N-dealkylation sites (N-methyl/N-ethyl adjacent to an activating group) is 2. The number of ether oxygens (including phenoxy) is 4. The molecule has 0 bridgehead atoms. The molecule has 104 heteroatoms. The van der Waals surface area contributed by atoms with E-state index < -0.39 is 338 Å². The van der Waals surface area contributed by atoms with E-state index in [4.69, 9.17) is 18.9 Å². The molecule has 2 saturated heterocycles. The van der Waals surface area contributed by atoms with Gasteiger partial charge in [-0.25, -0.2) is 135 Å². The van der Waals surface area contributed by atoms with Gasteiger partial charge in [0.15, 0.2) is 37.0 Å². The largest absolute Gasteiger partial charge is 1.00 e. The molecule has 0 aromatic rings. The summed E-state index contributed by atoms with van der Waals surface area (Å²) in [6.45, 7) is -15.1. The number of rotatable bonds is 51. The van der Waals surface area contributed by atoms with E-state index in [0.29, 0.717) is 0 Å². The van der Waals surface area contributed by atoms with Crippen LogP contribution in [-0.4, -0.2) is 393 Å². The third-order valence-electron chi connectivity index (χ3n) is 12.0. The number of amides is 2. The van der Waals surface area contributed by atoms with Crippen LogP contribution < -0.4 is 473 Å². The summed E-state index contributed by atoms with van der Waals surface area (Å²) in [7, 11) is -112. The van der Waals surface area contributed by atoms with Gasteiger partial charge in [-0.3, -0.25) is 76.5 Å². The van der Waals surface area contributed by atoms with Crippen molar-refractivity contribution in [1.82, 2.24) is 9.80 Å². The monoisotopic (exact) mass is 2400 g/mol. The van der Waals surface area contributed by atoms with E-state index in [9.17, 15) is 217 Å². The molecule has 2 aliphatic rings. The van der Waals surface area contributed by atoms with Crippen molar-refractivity contribution in [2.75, 3.05) is 53.6 Å². The zero-order valence-corrected chi connectivity index (χ0v) is 115. The van der Waals surface area contributed by atoms with Crippen LogP contribution in [0.1, 0.15) is 0 Å². The summed E-state index contributed by atoms with van der Waals surface area (Å²) in [5, 5.41) is 0. The van der Waals surface area contributed by atoms with E-state index >= 15 is 0 Å². The van der Waals surface area contributed by atoms with Crippen molar-refractivity contribution >= 4 is 178 Å². The molecule has 0 aromatic carbocycles. The Kier molecular flexibility index (Phi) is 97.8. The van der Waals surface area contributed by atoms with Crippen molar-refractivity contribution in [2.45, 2.75) is 110 Å². The van der Waals surface area contributed by atoms with Crippen molar-refractivity contribution in [3.05, 3.63) is 0 Å². The van der Waals surface area contributed by atoms with Gasteiger partial charge in [-0.05, 0) is 0 Å². The Bertz CT molecular complexity index is 5150. The second kappa shape index (κ2) is 72.6. The van der Waals surface area contributed by atoms with Gasteiger partial charge < -0.3 is 102 Å². The van der Waals surface area contributed by atoms with Crippen LogP contribution in [0.2, 0.25) is 0 Å². The van der Waals surface area contributed by atoms with E-state index in [-0.39, 0.29) is 487 Å². The van der Waals surface area contributed by atoms with Gasteiger partial charge in [0.25, 0.3) is 11.8 Å². The maximum Gasteiger partial charge on any atom is 1.00 e. The molecule has 0 aliphatic carbocycles. The predicted octanol–water partition coefficient (Wildman–Crippen LogP) is -67.8. The average molecular weight is 2400 g/mol. The third kappa shape index (κ3) is 79.6. The fraction of sp³-hybridized carbons (Fsp3) is 0.929. The zero-order valence-electron chi connectivity index (χ0n) is 69.6. The smallest absolute Gasteiger partial charge is 0.726 e. The van der Waals surface area contributed by atoms with Crippen LogP contribution in [-0.2, 0) is 262 Å². The minimum absolute atomic E-state index is 0. The Morgan fingerprint density at radius 1 is 0.250 bits per heavy atom. The summed E-state index contributed by atoms with van der Waals surface area (Å²) in [5.41, 5.74) is 0. The van der Waals surface area contributed by atoms with Crippen molar-refractivity contribution < 1.29 is 776 Å². The third-order valence-corrected chi connectivity index (χ3v) is 19.2. The van der Waals surface area contributed by atoms with E-state index in [1.165, 1.54) is 0 Å². The van der Waals surface area contributed by atoms with Crippen LogP contribution in [0.4, 0.5) is 0 Å². The van der Waals surface area contributed by atoms with E-state index in [1.807, 2.05) is 0 Å². The van der Waals surface area contributed by atoms with Crippen LogP contribution in [0.25, 0.3) is 0 Å². The summed E-state index contributed by atoms with van der Waals surface area (Å²) in [4.78, 5) is 27.9. The second-order valence-electron chi connectivity index (χ2n) is 20.3. The van der Waals surface area contributed by atoms with Crippen LogP contribution in [0.5, 0.6) is 0 Å². The molecule has 0 aromatic heterocycles. The topological polar surface area (TPSA) is 1140 Å². The van der Waals surface area contributed by atoms with Gasteiger partial charge in [0.05, 0.1) is 26.4 Å². The average Bonchev–Trinajstić information content (AvgIpc) is 0.764. The predicted molar refractivity (Wildman–Crippen MR) is 300 cm³/mol. The Balaban J connectivity index is -0.000000658. The van der Waals surface area contributed by atoms with Crippen LogP contribution in [0.15, 0.2) is 0 Å². The normalized spacial score (nSPS) is 21.3. The van der Waals surface area contributed by atoms with Crippen molar-refractivity contribution in [3.8, 4) is 0 Å². The number of hydrogen-bond acceptors (Lipinski definition) is 70. The summed E-state index contributed by atoms with van der Waals surface area (Å²) in [5.74, 6) is -6.01. The number of carbonyl (C=O) groups is 2. The molecule has 2 heterocycles. The molecule has 0 spiro atoms. The standard InChI is InChI=1S/C28H52N2O70S16.16Na/c1-29(25(31)21(97-113(69,70)71)17(93-109(57,58)59)13(11(89-105(45,46)47)7-83-103(39,40)41)87-27-23(99-115(75,76)77)19(95-111(63,64)65)15(91-107(51,52)53)9(85-27)5-81-101(33,34)35)3-4-30(2)26(32)22(98-114(72,73)74)18(94-110(60,61)62)14(12(90-106(48,49)50)8-84-104(42,43)44)88-28-24(100-116(78,79)80)20(96-112(66,67)68)16(92-108(54,55)56)10(86-28)6-82-102(36,37)38;;;;;;;;;;;;;;;;/h9-24,27-28H,3-8H2,1-2H3,(H,33,34,35)(H,36,37,38)(H,39,40,41)(H,42,43,44)(H,45,46,47)(H,48,49,50)(H,51,52,53)(H,54,55,56)(H,57,58,59)(H,60,61,62)(H,63,64,65)(H,66,67,68)(H,69,70,71)(H,72,73,74)(H,75,76,77)(H,78,79,80);;;;;;;;;;;;;;;;/q;16*+1/p-16/t9-,10+,11?,12?,13-,14?,15+,16-,17?,18?,19+,20-,21?,22?,23-,24+,27+,28-;;;;;;;;;;;;;;;;/m1................/s1. The summed E-state index contributed by atoms with van der Waals surface area (Å²) < 4.78 is 660. The minimum atomic E-state index is -7.40. The number of carbonyl (C=O) groups excluding carboxylic acids is 2. The molecule has 690 valence electrons. The maximum absolute atomic E-state index is 14.6. The summed E-state index contributed by atoms with van der Waals surface area (Å²) >= 11 is 0. The van der Waals surface area contributed by atoms with E-state index in [0.717, 1.165) is 0 Å². The molecule has 72 nitrogen and oxygen atoms in total. The SMILES string of the molecule is CN(CCN(C)C(=O)C(OS(=O)(=O)[O-])C(OS(=O)(=O)[O-])[C@H](O[C@@H]1O[C@H](COS(=O)(=O)[O-])[C@H](OS(=O)(=O)[O-])[C@H](OS(=O)(=O)[O-])[C@H]1OS(=O)(=O)[O-])C(COS(=O)(=O)[O-])OS(=O)(=O)[O-])C(=O)C(OS(=O)(=O)[O-])C(OS(=O)(=O)[O-])C(O[C@H]1O[C@@H](COS(=O)(=O)[O-])[C@@H](OS(=O)(=O)[O-])[C@@H](OS(=O)(=O)[O-])[C@@H]1OS(=O)(=O)[O-])C(COS(=O)(=O)[O-])OS(=O)(=O)[O-].[Na+].[Na+].[Na+].[Na+].[Na+].[Na+].[Na+].[Na+].[Na+].[Na+].[Na+].[Na+].[Na+].[Na+].[Na+].[Na+]. The van der Waals surface area contributed by atoms with Gasteiger partial charge in [-0.1, -0.05) is 0 Å². The van der Waals surface area contributed by atoms with E-state index in [2.05, 4.69) is 66.9 Å². The van der Waals surface area contributed by atoms with Crippen molar-refractivity contribution in [1.29, 1.82) is 0 Å². The van der Waals surface area contributed by atoms with Gasteiger partial charge in [-0.15, -0.1) is 0 Å². The van der Waals surface area contributed by atoms with Gasteiger partial charge >= 0.3 is 473 Å². The Morgan fingerprint density at radius 3 is 0.621 bits per heavy atom. The minimum Gasteiger partial charge on any atom is -0.726 e. The molecule has 2 aliphatic heterocycles. The first-order chi connectivity index (χ1) is 51.1. The first-order valence-electron chi connectivity index (χ1n) is 26.3. The Hall–Kier alpha value is 12.7. The van der Waals surface area contributed by atoms with E-state index in [1.54, 1.807) is 0 Å². The van der Waals surface area contributed by atoms with Gasteiger partial charge in [0, 0.05) is 27.2 Å². The zero-order chi connectivity index (χ0) is 91.1. The van der Waals surface area contributed by atoms with Gasteiger partial charge in [0.1, 0.15) is 73.2 Å². The fourth-order valence-corrected chi connectivity index (χ4v) is 15.5. The Labute approximate surface area is 1100 Å². The van der Waals surface area contributed by atoms with Crippen LogP contribution >= 0.6 is 0 Å². The van der Waals surface area contributed by atoms with Crippen molar-refractivity contribution in [3.63, 3.8) is 0 Å². The molecule has 132 heavy (non-hydrogen) atoms. The molecule has 18 atom stereocenters. The molecule has 0 radical (unpaired) electrons. The quantitative estimate of drug-likeness (QED) is 0.0310. The van der Waals surface area contributed by atoms with Crippen molar-refractivity contribution in [2.24, 2.45) is 0 Å². The fourth-order valence-electron chi connectivity index (χ4n) is 8.55. The molecule has 7 unspecified atom stereocenters. The summed E-state index contributed by atoms with van der Waals surface area (Å²) in [6, 6.07) is 0. The van der Waals surface area contributed by atoms with Crippen LogP contribution in [0, 0.1) is 0 Å². The molecular formula is C28H36N2Na16O70S16. The first-order valence-corrected chi connectivity index (χ1v) is 47.6. The molecule has 2 amide bonds. The molecule has 0 saturated carbocycles. The molecule has 2 rings (SSSR count). The first kappa shape index (κ1) is 178. The van der Waals surface area contributed by atoms with Gasteiger partial charge in [-0.2, -0.15) is 0 Å². The molecule has 2 fully saturated rings. The molecule has 0 N–H and O–H groups in total. The van der Waals surface area contributed by atoms with Crippen LogP contribution in [0.3, 0.4) is 0 Å². The number of hydrogen-bond donors (Lipinski definition) is 0. The second-order valence-corrected chi connectivity index (χ2v) is 36.6. The Morgan fingerprint density at radius 2 is 0.439 bits per heavy atom. The van der Waals surface area contributed by atoms with Gasteiger partial charge in [0.2, 0.25) is 166 Å². The maximum atomic E-state index is 14.6. The summed E-state index contributed by atoms with van der Waals surface area (Å²) in [6.07, 6.45) is -76.2. The molecular weight excluding hydrogens is 2370 g/mol.